The summed E-state index contributed by atoms with van der Waals surface area (Å²) in [5.74, 6) is -0.228. The van der Waals surface area contributed by atoms with Crippen molar-refractivity contribution >= 4 is 14.5 Å². The summed E-state index contributed by atoms with van der Waals surface area (Å²) in [4.78, 5) is 11.6. The van der Waals surface area contributed by atoms with E-state index in [2.05, 4.69) is 0 Å². The predicted octanol–water partition coefficient (Wildman–Crippen LogP) is 2.08. The quantitative estimate of drug-likeness (QED) is 0.500. The van der Waals surface area contributed by atoms with Crippen molar-refractivity contribution in [3.8, 4) is 0 Å². The van der Waals surface area contributed by atoms with Gasteiger partial charge in [0.05, 0.1) is 12.1 Å². The van der Waals surface area contributed by atoms with E-state index in [1.54, 1.807) is 6.92 Å². The first-order chi connectivity index (χ1) is 7.01. The highest BCUT2D eigenvalue weighted by molar-refractivity contribution is 6.70. The topological polar surface area (TPSA) is 44.8 Å². The van der Waals surface area contributed by atoms with E-state index in [0.717, 1.165) is 0 Å². The molecule has 0 aliphatic rings. The number of esters is 1. The molecule has 0 heterocycles. The standard InChI is InChI=1S/C10H22O4Si/c1-6-12-10(11)9(4)15(5,13-7-2)14-8-3/h9H,6-8H2,1-5H3. The smallest absolute Gasteiger partial charge is 0.349 e. The SMILES string of the molecule is CCOC(=O)C(C)[Si](C)(OCC)OCC. The van der Waals surface area contributed by atoms with E-state index in [4.69, 9.17) is 13.6 Å². The Kier molecular flexibility index (Phi) is 6.79. The summed E-state index contributed by atoms with van der Waals surface area (Å²) in [7, 11) is -2.43. The summed E-state index contributed by atoms with van der Waals surface area (Å²) in [5.41, 5.74) is -0.294. The molecule has 5 heteroatoms. The Morgan fingerprint density at radius 2 is 1.60 bits per heavy atom. The lowest BCUT2D eigenvalue weighted by molar-refractivity contribution is -0.143. The molecule has 1 unspecified atom stereocenters. The molecule has 0 aromatic rings. The average Bonchev–Trinajstić information content (AvgIpc) is 2.17. The monoisotopic (exact) mass is 234 g/mol. The van der Waals surface area contributed by atoms with Crippen LogP contribution in [-0.4, -0.2) is 34.4 Å². The van der Waals surface area contributed by atoms with Crippen LogP contribution >= 0.6 is 0 Å². The fraction of sp³-hybridized carbons (Fsp3) is 0.900. The fourth-order valence-electron chi connectivity index (χ4n) is 1.35. The van der Waals surface area contributed by atoms with Crippen LogP contribution < -0.4 is 0 Å². The zero-order valence-electron chi connectivity index (χ0n) is 10.3. The van der Waals surface area contributed by atoms with Crippen LogP contribution in [0, 0.1) is 0 Å². The van der Waals surface area contributed by atoms with E-state index >= 15 is 0 Å². The molecule has 0 radical (unpaired) electrons. The molecule has 0 aliphatic carbocycles. The molecule has 0 fully saturated rings. The predicted molar refractivity (Wildman–Crippen MR) is 60.9 cm³/mol. The molecular weight excluding hydrogens is 212 g/mol. The third kappa shape index (κ3) is 4.32. The summed E-state index contributed by atoms with van der Waals surface area (Å²) in [6, 6.07) is 0. The van der Waals surface area contributed by atoms with Gasteiger partial charge in [0.25, 0.3) is 0 Å². The zero-order valence-corrected chi connectivity index (χ0v) is 11.3. The summed E-state index contributed by atoms with van der Waals surface area (Å²) in [5, 5.41) is 0. The molecule has 0 bridgehead atoms. The number of carbonyl (C=O) groups is 1. The molecule has 0 aromatic carbocycles. The Morgan fingerprint density at radius 3 is 1.93 bits per heavy atom. The van der Waals surface area contributed by atoms with Gasteiger partial charge in [-0.3, -0.25) is 4.79 Å². The van der Waals surface area contributed by atoms with Crippen LogP contribution in [0.4, 0.5) is 0 Å². The highest BCUT2D eigenvalue weighted by Gasteiger charge is 2.43. The van der Waals surface area contributed by atoms with Crippen LogP contribution in [0.5, 0.6) is 0 Å². The first-order valence-electron chi connectivity index (χ1n) is 5.46. The number of rotatable bonds is 7. The van der Waals surface area contributed by atoms with Gasteiger partial charge in [-0.25, -0.2) is 0 Å². The lowest BCUT2D eigenvalue weighted by Gasteiger charge is -2.30. The second-order valence-electron chi connectivity index (χ2n) is 3.36. The van der Waals surface area contributed by atoms with E-state index in [0.29, 0.717) is 19.8 Å². The van der Waals surface area contributed by atoms with E-state index in [9.17, 15) is 4.79 Å². The third-order valence-electron chi connectivity index (χ3n) is 2.29. The van der Waals surface area contributed by atoms with Gasteiger partial charge in [0, 0.05) is 13.2 Å². The average molecular weight is 234 g/mol. The van der Waals surface area contributed by atoms with Gasteiger partial charge < -0.3 is 13.6 Å². The molecule has 0 aromatic heterocycles. The van der Waals surface area contributed by atoms with Crippen molar-refractivity contribution in [2.45, 2.75) is 39.8 Å². The molecule has 0 spiro atoms. The van der Waals surface area contributed by atoms with E-state index in [-0.39, 0.29) is 11.5 Å². The summed E-state index contributed by atoms with van der Waals surface area (Å²) >= 11 is 0. The van der Waals surface area contributed by atoms with Gasteiger partial charge in [-0.15, -0.1) is 0 Å². The Hall–Kier alpha value is -0.393. The number of ether oxygens (including phenoxy) is 1. The molecule has 0 N–H and O–H groups in total. The van der Waals surface area contributed by atoms with Gasteiger partial charge in [-0.1, -0.05) is 0 Å². The molecule has 0 aliphatic heterocycles. The normalized spacial score (nSPS) is 13.7. The Bertz CT molecular complexity index is 190. The minimum absolute atomic E-state index is 0.228. The van der Waals surface area contributed by atoms with Gasteiger partial charge in [0.1, 0.15) is 0 Å². The van der Waals surface area contributed by atoms with Crippen LogP contribution in [0.2, 0.25) is 12.1 Å². The lowest BCUT2D eigenvalue weighted by atomic mass is 10.5. The summed E-state index contributed by atoms with van der Waals surface area (Å²) in [6.07, 6.45) is 0. The zero-order chi connectivity index (χ0) is 11.9. The van der Waals surface area contributed by atoms with Crippen LogP contribution in [0.1, 0.15) is 27.7 Å². The first kappa shape index (κ1) is 14.6. The Balaban J connectivity index is 4.52. The van der Waals surface area contributed by atoms with Gasteiger partial charge >= 0.3 is 14.5 Å². The van der Waals surface area contributed by atoms with E-state index in [1.807, 2.05) is 27.3 Å². The van der Waals surface area contributed by atoms with Crippen molar-refractivity contribution in [1.82, 2.24) is 0 Å². The lowest BCUT2D eigenvalue weighted by Crippen LogP contribution is -2.46. The second kappa shape index (κ2) is 6.98. The molecular formula is C10H22O4Si. The minimum atomic E-state index is -2.43. The van der Waals surface area contributed by atoms with Gasteiger partial charge in [0.2, 0.25) is 0 Å². The highest BCUT2D eigenvalue weighted by Crippen LogP contribution is 2.25. The summed E-state index contributed by atoms with van der Waals surface area (Å²) in [6.45, 7) is 10.8. The van der Waals surface area contributed by atoms with Crippen molar-refractivity contribution in [1.29, 1.82) is 0 Å². The first-order valence-corrected chi connectivity index (χ1v) is 7.85. The number of carbonyl (C=O) groups excluding carboxylic acids is 1. The van der Waals surface area contributed by atoms with Crippen molar-refractivity contribution in [2.75, 3.05) is 19.8 Å². The maximum Gasteiger partial charge on any atom is 0.349 e. The third-order valence-corrected chi connectivity index (χ3v) is 5.82. The molecule has 15 heavy (non-hydrogen) atoms. The van der Waals surface area contributed by atoms with Crippen molar-refractivity contribution in [3.05, 3.63) is 0 Å². The molecule has 4 nitrogen and oxygen atoms in total. The molecule has 0 amide bonds. The van der Waals surface area contributed by atoms with Gasteiger partial charge in [-0.05, 0) is 34.2 Å². The van der Waals surface area contributed by atoms with Crippen LogP contribution in [0.25, 0.3) is 0 Å². The highest BCUT2D eigenvalue weighted by atomic mass is 28.4. The van der Waals surface area contributed by atoms with Gasteiger partial charge in [-0.2, -0.15) is 0 Å². The van der Waals surface area contributed by atoms with Gasteiger partial charge in [0.15, 0.2) is 0 Å². The fourth-order valence-corrected chi connectivity index (χ4v) is 3.59. The molecule has 0 rings (SSSR count). The number of hydrogen-bond acceptors (Lipinski definition) is 4. The molecule has 0 saturated heterocycles. The van der Waals surface area contributed by atoms with Crippen LogP contribution in [0.3, 0.4) is 0 Å². The van der Waals surface area contributed by atoms with Crippen LogP contribution in [0.15, 0.2) is 0 Å². The van der Waals surface area contributed by atoms with E-state index < -0.39 is 8.56 Å². The maximum absolute atomic E-state index is 11.6. The molecule has 1 atom stereocenters. The summed E-state index contributed by atoms with van der Waals surface area (Å²) < 4.78 is 16.2. The van der Waals surface area contributed by atoms with Crippen molar-refractivity contribution < 1.29 is 18.4 Å². The minimum Gasteiger partial charge on any atom is -0.466 e. The molecule has 90 valence electrons. The largest absolute Gasteiger partial charge is 0.466 e. The molecule has 0 saturated carbocycles. The Labute approximate surface area is 93.2 Å². The Morgan fingerprint density at radius 1 is 1.13 bits per heavy atom. The maximum atomic E-state index is 11.6. The van der Waals surface area contributed by atoms with Crippen molar-refractivity contribution in [2.24, 2.45) is 0 Å². The second-order valence-corrected chi connectivity index (χ2v) is 6.83. The van der Waals surface area contributed by atoms with Crippen molar-refractivity contribution in [3.63, 3.8) is 0 Å². The van der Waals surface area contributed by atoms with Crippen LogP contribution in [-0.2, 0) is 18.4 Å². The number of hydrogen-bond donors (Lipinski definition) is 0. The van der Waals surface area contributed by atoms with E-state index in [1.165, 1.54) is 0 Å².